The van der Waals surface area contributed by atoms with Crippen LogP contribution in [-0.2, 0) is 9.53 Å². The van der Waals surface area contributed by atoms with E-state index in [0.717, 1.165) is 12.1 Å². The molecule has 1 aliphatic rings. The van der Waals surface area contributed by atoms with Crippen LogP contribution in [0.4, 0.5) is 14.5 Å². The fraction of sp³-hybridized carbons (Fsp3) is 0.333. The first-order valence-corrected chi connectivity index (χ1v) is 7.92. The smallest absolute Gasteiger partial charge is 0.237 e. The Bertz CT molecular complexity index is 770. The Morgan fingerprint density at radius 1 is 1.28 bits per heavy atom. The fourth-order valence-electron chi connectivity index (χ4n) is 2.64. The van der Waals surface area contributed by atoms with Gasteiger partial charge in [0.1, 0.15) is 12.3 Å². The van der Waals surface area contributed by atoms with Crippen LogP contribution in [0.25, 0.3) is 0 Å². The Morgan fingerprint density at radius 3 is 2.88 bits per heavy atom. The van der Waals surface area contributed by atoms with E-state index >= 15 is 0 Å². The highest BCUT2D eigenvalue weighted by atomic mass is 19.2. The highest BCUT2D eigenvalue weighted by Crippen LogP contribution is 2.48. The van der Waals surface area contributed by atoms with Gasteiger partial charge in [0.25, 0.3) is 0 Å². The van der Waals surface area contributed by atoms with Gasteiger partial charge in [-0.25, -0.2) is 13.8 Å². The molecule has 0 radical (unpaired) electrons. The van der Waals surface area contributed by atoms with Gasteiger partial charge in [-0.3, -0.25) is 4.79 Å². The number of amides is 1. The highest BCUT2D eigenvalue weighted by molar-refractivity contribution is 5.96. The maximum absolute atomic E-state index is 13.3. The third-order valence-corrected chi connectivity index (χ3v) is 4.05. The van der Waals surface area contributed by atoms with Crippen molar-refractivity contribution in [2.24, 2.45) is 5.92 Å². The van der Waals surface area contributed by atoms with Crippen LogP contribution in [0.3, 0.4) is 0 Å². The first-order chi connectivity index (χ1) is 12.1. The molecule has 1 aromatic carbocycles. The summed E-state index contributed by atoms with van der Waals surface area (Å²) in [6.45, 7) is 0.724. The first kappa shape index (κ1) is 17.3. The molecule has 1 aromatic heterocycles. The van der Waals surface area contributed by atoms with E-state index in [1.807, 2.05) is 0 Å². The van der Waals surface area contributed by atoms with Crippen molar-refractivity contribution < 1.29 is 23.0 Å². The lowest BCUT2D eigenvalue weighted by Crippen LogP contribution is -2.16. The molecule has 1 aliphatic carbocycles. The van der Waals surface area contributed by atoms with Crippen molar-refractivity contribution in [2.45, 2.75) is 12.3 Å². The van der Waals surface area contributed by atoms with Gasteiger partial charge in [-0.15, -0.1) is 0 Å². The van der Waals surface area contributed by atoms with E-state index in [1.165, 1.54) is 6.07 Å². The molecule has 1 amide bonds. The van der Waals surface area contributed by atoms with Crippen molar-refractivity contribution in [1.29, 1.82) is 0 Å². The normalized spacial score (nSPS) is 18.7. The van der Waals surface area contributed by atoms with E-state index in [2.05, 4.69) is 10.3 Å². The zero-order valence-corrected chi connectivity index (χ0v) is 13.7. The van der Waals surface area contributed by atoms with E-state index in [-0.39, 0.29) is 17.7 Å². The molecule has 1 heterocycles. The minimum absolute atomic E-state index is 0.107. The number of rotatable bonds is 7. The number of aromatic nitrogens is 1. The first-order valence-electron chi connectivity index (χ1n) is 7.92. The van der Waals surface area contributed by atoms with Crippen LogP contribution in [0.1, 0.15) is 17.9 Å². The quantitative estimate of drug-likeness (QED) is 0.781. The maximum Gasteiger partial charge on any atom is 0.237 e. The average Bonchev–Trinajstić information content (AvgIpc) is 3.40. The predicted molar refractivity (Wildman–Crippen MR) is 87.4 cm³/mol. The topological polar surface area (TPSA) is 60.5 Å². The van der Waals surface area contributed by atoms with Gasteiger partial charge in [0.05, 0.1) is 6.61 Å². The van der Waals surface area contributed by atoms with Gasteiger partial charge in [-0.1, -0.05) is 6.07 Å². The minimum Gasteiger partial charge on any atom is -0.474 e. The van der Waals surface area contributed by atoms with E-state index < -0.39 is 11.6 Å². The molecule has 2 atom stereocenters. The summed E-state index contributed by atoms with van der Waals surface area (Å²) in [5.74, 6) is -2.05. The lowest BCUT2D eigenvalue weighted by atomic mass is 10.1. The summed E-state index contributed by atoms with van der Waals surface area (Å²) in [6.07, 6.45) is 2.16. The van der Waals surface area contributed by atoms with Crippen molar-refractivity contribution in [3.05, 3.63) is 53.7 Å². The molecular formula is C18H18F2N2O3. The van der Waals surface area contributed by atoms with Gasteiger partial charge in [-0.2, -0.15) is 0 Å². The summed E-state index contributed by atoms with van der Waals surface area (Å²) in [7, 11) is 1.57. The lowest BCUT2D eigenvalue weighted by molar-refractivity contribution is -0.117. The molecule has 0 saturated heterocycles. The molecule has 1 N–H and O–H groups in total. The van der Waals surface area contributed by atoms with Gasteiger partial charge in [0, 0.05) is 19.2 Å². The van der Waals surface area contributed by atoms with E-state index in [4.69, 9.17) is 9.47 Å². The Kier molecular flexibility index (Phi) is 5.23. The van der Waals surface area contributed by atoms with Crippen LogP contribution in [-0.4, -0.2) is 31.2 Å². The summed E-state index contributed by atoms with van der Waals surface area (Å²) in [6, 6.07) is 7.14. The summed E-state index contributed by atoms with van der Waals surface area (Å²) in [4.78, 5) is 16.5. The van der Waals surface area contributed by atoms with Crippen LogP contribution in [0.15, 0.2) is 36.5 Å². The molecule has 7 heteroatoms. The second kappa shape index (κ2) is 7.57. The van der Waals surface area contributed by atoms with Gasteiger partial charge < -0.3 is 14.8 Å². The predicted octanol–water partition coefficient (Wildman–Crippen LogP) is 3.13. The molecule has 2 aromatic rings. The molecule has 5 nitrogen and oxygen atoms in total. The molecular weight excluding hydrogens is 330 g/mol. The molecule has 3 rings (SSSR count). The number of nitrogens with zero attached hydrogens (tertiary/aromatic N) is 1. The number of benzene rings is 1. The Morgan fingerprint density at radius 2 is 2.12 bits per heavy atom. The number of hydrogen-bond acceptors (Lipinski definition) is 4. The number of pyridine rings is 1. The monoisotopic (exact) mass is 348 g/mol. The Hall–Kier alpha value is -2.54. The van der Waals surface area contributed by atoms with Crippen molar-refractivity contribution in [3.63, 3.8) is 0 Å². The molecule has 25 heavy (non-hydrogen) atoms. The number of ether oxygens (including phenoxy) is 2. The number of hydrogen-bond donors (Lipinski definition) is 1. The average molecular weight is 348 g/mol. The van der Waals surface area contributed by atoms with Gasteiger partial charge >= 0.3 is 0 Å². The molecule has 132 valence electrons. The number of halogens is 2. The maximum atomic E-state index is 13.3. The summed E-state index contributed by atoms with van der Waals surface area (Å²) < 4.78 is 36.7. The Labute approximate surface area is 144 Å². The van der Waals surface area contributed by atoms with Crippen LogP contribution < -0.4 is 10.1 Å². The van der Waals surface area contributed by atoms with Crippen molar-refractivity contribution in [3.8, 4) is 5.88 Å². The molecule has 1 fully saturated rings. The summed E-state index contributed by atoms with van der Waals surface area (Å²) >= 11 is 0. The second-order valence-corrected chi connectivity index (χ2v) is 5.81. The number of nitrogens with one attached hydrogen (secondary N) is 1. The third-order valence-electron chi connectivity index (χ3n) is 4.05. The van der Waals surface area contributed by atoms with Gasteiger partial charge in [-0.05, 0) is 42.2 Å². The van der Waals surface area contributed by atoms with Gasteiger partial charge in [0.15, 0.2) is 11.6 Å². The number of carbonyl (C=O) groups is 1. The van der Waals surface area contributed by atoms with Crippen LogP contribution in [0.2, 0.25) is 0 Å². The van der Waals surface area contributed by atoms with Gasteiger partial charge in [0.2, 0.25) is 11.8 Å². The molecule has 0 bridgehead atoms. The van der Waals surface area contributed by atoms with Crippen molar-refractivity contribution in [1.82, 2.24) is 4.98 Å². The molecule has 1 saturated carbocycles. The SMILES string of the molecule is COCCOc1ncccc1NC(=O)[C@H]1C[C@@H]1c1ccc(F)c(F)c1. The number of carbonyl (C=O) groups excluding carboxylic acids is 1. The van der Waals surface area contributed by atoms with E-state index in [0.29, 0.717) is 36.8 Å². The zero-order chi connectivity index (χ0) is 17.8. The third kappa shape index (κ3) is 4.11. The Balaban J connectivity index is 1.63. The van der Waals surface area contributed by atoms with Crippen LogP contribution >= 0.6 is 0 Å². The van der Waals surface area contributed by atoms with E-state index in [1.54, 1.807) is 25.4 Å². The summed E-state index contributed by atoms with van der Waals surface area (Å²) in [5.41, 5.74) is 1.10. The standard InChI is InChI=1S/C18H18F2N2O3/c1-24-7-8-25-18-16(3-2-6-21-18)22-17(23)13-10-12(13)11-4-5-14(19)15(20)9-11/h2-6,9,12-13H,7-8,10H2,1H3,(H,22,23)/t12-,13+/m1/s1. The second-order valence-electron chi connectivity index (χ2n) is 5.81. The zero-order valence-electron chi connectivity index (χ0n) is 13.7. The van der Waals surface area contributed by atoms with Crippen molar-refractivity contribution in [2.75, 3.05) is 25.6 Å². The highest BCUT2D eigenvalue weighted by Gasteiger charge is 2.44. The fourth-order valence-corrected chi connectivity index (χ4v) is 2.64. The number of methoxy groups -OCH3 is 1. The molecule has 0 aliphatic heterocycles. The largest absolute Gasteiger partial charge is 0.474 e. The summed E-state index contributed by atoms with van der Waals surface area (Å²) in [5, 5.41) is 2.79. The lowest BCUT2D eigenvalue weighted by Gasteiger charge is -2.11. The van der Waals surface area contributed by atoms with Crippen LogP contribution in [0, 0.1) is 17.6 Å². The molecule has 0 unspecified atom stereocenters. The van der Waals surface area contributed by atoms with Crippen LogP contribution in [0.5, 0.6) is 5.88 Å². The number of anilines is 1. The van der Waals surface area contributed by atoms with E-state index in [9.17, 15) is 13.6 Å². The molecule has 0 spiro atoms. The minimum atomic E-state index is -0.898. The van der Waals surface area contributed by atoms with Crippen molar-refractivity contribution >= 4 is 11.6 Å².